The van der Waals surface area contributed by atoms with Gasteiger partial charge in [0, 0.05) is 25.2 Å². The highest BCUT2D eigenvalue weighted by molar-refractivity contribution is 7.89. The molecule has 2 aliphatic carbocycles. The van der Waals surface area contributed by atoms with Gasteiger partial charge in [-0.25, -0.2) is 12.8 Å². The summed E-state index contributed by atoms with van der Waals surface area (Å²) < 4.78 is 40.7. The fraction of sp³-hybridized carbons (Fsp3) is 0.600. The zero-order valence-electron chi connectivity index (χ0n) is 12.2. The Balaban J connectivity index is 1.80. The van der Waals surface area contributed by atoms with Crippen LogP contribution in [0.15, 0.2) is 23.1 Å². The Morgan fingerprint density at radius 2 is 2.00 bits per heavy atom. The van der Waals surface area contributed by atoms with Gasteiger partial charge in [-0.05, 0) is 43.4 Å². The summed E-state index contributed by atoms with van der Waals surface area (Å²) in [5, 5.41) is 3.29. The maximum Gasteiger partial charge on any atom is 0.246 e. The van der Waals surface area contributed by atoms with Crippen LogP contribution in [0.1, 0.15) is 38.2 Å². The van der Waals surface area contributed by atoms with Crippen molar-refractivity contribution < 1.29 is 12.8 Å². The number of rotatable bonds is 7. The third-order valence-corrected chi connectivity index (χ3v) is 6.08. The first kappa shape index (κ1) is 14.9. The number of hydrogen-bond donors (Lipinski definition) is 1. The summed E-state index contributed by atoms with van der Waals surface area (Å²) in [4.78, 5) is -0.202. The van der Waals surface area contributed by atoms with E-state index < -0.39 is 15.8 Å². The van der Waals surface area contributed by atoms with Gasteiger partial charge in [0.1, 0.15) is 10.7 Å². The molecular formula is C15H21FN2O2S. The summed E-state index contributed by atoms with van der Waals surface area (Å²) in [5.41, 5.74) is 0.785. The first-order valence-electron chi connectivity index (χ1n) is 7.56. The number of hydrogen-bond acceptors (Lipinski definition) is 3. The van der Waals surface area contributed by atoms with Crippen LogP contribution in [0.3, 0.4) is 0 Å². The Labute approximate surface area is 125 Å². The molecule has 1 aromatic rings. The predicted octanol–water partition coefficient (Wildman–Crippen LogP) is 2.25. The number of nitrogens with zero attached hydrogens (tertiary/aromatic N) is 1. The van der Waals surface area contributed by atoms with E-state index in [1.54, 1.807) is 13.0 Å². The molecular weight excluding hydrogens is 291 g/mol. The lowest BCUT2D eigenvalue weighted by Gasteiger charge is -2.20. The third kappa shape index (κ3) is 3.27. The first-order valence-corrected chi connectivity index (χ1v) is 9.00. The second kappa shape index (κ2) is 5.66. The van der Waals surface area contributed by atoms with Gasteiger partial charge < -0.3 is 5.32 Å². The van der Waals surface area contributed by atoms with Crippen molar-refractivity contribution in [2.45, 2.75) is 56.1 Å². The molecule has 2 aliphatic rings. The van der Waals surface area contributed by atoms with Gasteiger partial charge in [0.2, 0.25) is 10.0 Å². The molecule has 2 saturated carbocycles. The largest absolute Gasteiger partial charge is 0.310 e. The van der Waals surface area contributed by atoms with E-state index in [1.807, 2.05) is 0 Å². The van der Waals surface area contributed by atoms with Gasteiger partial charge in [0.15, 0.2) is 0 Å². The van der Waals surface area contributed by atoms with Gasteiger partial charge >= 0.3 is 0 Å². The van der Waals surface area contributed by atoms with Crippen LogP contribution in [-0.2, 0) is 16.6 Å². The van der Waals surface area contributed by atoms with Crippen molar-refractivity contribution in [2.75, 3.05) is 6.54 Å². The maximum atomic E-state index is 14.2. The van der Waals surface area contributed by atoms with Crippen LogP contribution in [0, 0.1) is 5.82 Å². The minimum Gasteiger partial charge on any atom is -0.310 e. The average Bonchev–Trinajstić information content (AvgIpc) is 3.30. The molecule has 4 nitrogen and oxygen atoms in total. The second-order valence-electron chi connectivity index (χ2n) is 5.86. The molecule has 21 heavy (non-hydrogen) atoms. The van der Waals surface area contributed by atoms with E-state index in [-0.39, 0.29) is 10.9 Å². The van der Waals surface area contributed by atoms with Crippen molar-refractivity contribution >= 4 is 10.0 Å². The maximum absolute atomic E-state index is 14.2. The highest BCUT2D eigenvalue weighted by Gasteiger charge is 2.38. The van der Waals surface area contributed by atoms with Crippen molar-refractivity contribution in [1.82, 2.24) is 9.62 Å². The molecule has 1 N–H and O–H groups in total. The Bertz CT molecular complexity index is 625. The van der Waals surface area contributed by atoms with Crippen LogP contribution in [0.2, 0.25) is 0 Å². The quantitative estimate of drug-likeness (QED) is 0.840. The van der Waals surface area contributed by atoms with Crippen LogP contribution >= 0.6 is 0 Å². The Hall–Kier alpha value is -0.980. The fourth-order valence-corrected chi connectivity index (χ4v) is 4.27. The molecule has 0 unspecified atom stereocenters. The molecule has 0 saturated heterocycles. The van der Waals surface area contributed by atoms with E-state index >= 15 is 0 Å². The van der Waals surface area contributed by atoms with E-state index in [4.69, 9.17) is 0 Å². The average molecular weight is 312 g/mol. The van der Waals surface area contributed by atoms with Crippen LogP contribution in [-0.4, -0.2) is 31.4 Å². The molecule has 6 heteroatoms. The van der Waals surface area contributed by atoms with Gasteiger partial charge in [0.25, 0.3) is 0 Å². The highest BCUT2D eigenvalue weighted by atomic mass is 32.2. The van der Waals surface area contributed by atoms with E-state index in [0.717, 1.165) is 18.4 Å². The summed E-state index contributed by atoms with van der Waals surface area (Å²) >= 11 is 0. The van der Waals surface area contributed by atoms with E-state index in [2.05, 4.69) is 5.32 Å². The lowest BCUT2D eigenvalue weighted by molar-refractivity contribution is 0.417. The molecule has 0 bridgehead atoms. The zero-order chi connectivity index (χ0) is 15.0. The molecule has 2 fully saturated rings. The minimum absolute atomic E-state index is 0.0515. The molecule has 3 rings (SSSR count). The van der Waals surface area contributed by atoms with E-state index in [1.165, 1.54) is 29.3 Å². The van der Waals surface area contributed by atoms with Crippen molar-refractivity contribution in [3.63, 3.8) is 0 Å². The molecule has 0 heterocycles. The first-order chi connectivity index (χ1) is 10.0. The van der Waals surface area contributed by atoms with Gasteiger partial charge in [-0.2, -0.15) is 4.31 Å². The van der Waals surface area contributed by atoms with Crippen molar-refractivity contribution in [1.29, 1.82) is 0 Å². The number of halogens is 1. The van der Waals surface area contributed by atoms with Crippen molar-refractivity contribution in [3.05, 3.63) is 29.6 Å². The SMILES string of the molecule is CCN(C1CC1)S(=O)(=O)c1ccc(CNC2CC2)cc1F. The normalized spacial score (nSPS) is 19.2. The molecule has 0 aromatic heterocycles. The van der Waals surface area contributed by atoms with Crippen molar-refractivity contribution in [2.24, 2.45) is 0 Å². The summed E-state index contributed by atoms with van der Waals surface area (Å²) in [6.07, 6.45) is 4.08. The minimum atomic E-state index is -3.72. The smallest absolute Gasteiger partial charge is 0.246 e. The van der Waals surface area contributed by atoms with Gasteiger partial charge in [-0.3, -0.25) is 0 Å². The van der Waals surface area contributed by atoms with Crippen LogP contribution in [0.5, 0.6) is 0 Å². The van der Waals surface area contributed by atoms with E-state index in [0.29, 0.717) is 19.1 Å². The zero-order valence-corrected chi connectivity index (χ0v) is 13.0. The molecule has 0 atom stereocenters. The monoisotopic (exact) mass is 312 g/mol. The van der Waals surface area contributed by atoms with Crippen LogP contribution in [0.4, 0.5) is 4.39 Å². The van der Waals surface area contributed by atoms with E-state index in [9.17, 15) is 12.8 Å². The third-order valence-electron chi connectivity index (χ3n) is 4.02. The summed E-state index contributed by atoms with van der Waals surface area (Å²) in [7, 11) is -3.72. The summed E-state index contributed by atoms with van der Waals surface area (Å²) in [5.74, 6) is -0.649. The number of benzene rings is 1. The molecule has 116 valence electrons. The van der Waals surface area contributed by atoms with Crippen molar-refractivity contribution in [3.8, 4) is 0 Å². The van der Waals surface area contributed by atoms with Gasteiger partial charge in [-0.15, -0.1) is 0 Å². The lowest BCUT2D eigenvalue weighted by atomic mass is 10.2. The Morgan fingerprint density at radius 1 is 1.29 bits per heavy atom. The second-order valence-corrected chi connectivity index (χ2v) is 7.72. The van der Waals surface area contributed by atoms with Crippen LogP contribution in [0.25, 0.3) is 0 Å². The lowest BCUT2D eigenvalue weighted by Crippen LogP contribution is -2.33. The molecule has 0 spiro atoms. The number of sulfonamides is 1. The Kier molecular flexibility index (Phi) is 4.03. The number of nitrogens with one attached hydrogen (secondary N) is 1. The molecule has 1 aromatic carbocycles. The standard InChI is InChI=1S/C15H21FN2O2S/c1-2-18(13-6-7-13)21(19,20)15-8-3-11(9-14(15)16)10-17-12-4-5-12/h3,8-9,12-13,17H,2,4-7,10H2,1H3. The summed E-state index contributed by atoms with van der Waals surface area (Å²) in [6.45, 7) is 2.77. The Morgan fingerprint density at radius 3 is 2.52 bits per heavy atom. The summed E-state index contributed by atoms with van der Waals surface area (Å²) in [6, 6.07) is 5.03. The topological polar surface area (TPSA) is 49.4 Å². The molecule has 0 aliphatic heterocycles. The fourth-order valence-electron chi connectivity index (χ4n) is 2.53. The molecule has 0 amide bonds. The van der Waals surface area contributed by atoms with Gasteiger partial charge in [-0.1, -0.05) is 13.0 Å². The van der Waals surface area contributed by atoms with Crippen LogP contribution < -0.4 is 5.32 Å². The highest BCUT2D eigenvalue weighted by Crippen LogP contribution is 2.32. The molecule has 0 radical (unpaired) electrons. The predicted molar refractivity (Wildman–Crippen MR) is 78.8 cm³/mol. The van der Waals surface area contributed by atoms with Gasteiger partial charge in [0.05, 0.1) is 0 Å².